The van der Waals surface area contributed by atoms with Crippen LogP contribution in [0.4, 0.5) is 0 Å². The third-order valence-corrected chi connectivity index (χ3v) is 6.08. The Balaban J connectivity index is 1.69. The van der Waals surface area contributed by atoms with Gasteiger partial charge in [0.2, 0.25) is 0 Å². The van der Waals surface area contributed by atoms with Crippen molar-refractivity contribution in [1.29, 1.82) is 0 Å². The van der Waals surface area contributed by atoms with Gasteiger partial charge < -0.3 is 79.9 Å². The second-order valence-corrected chi connectivity index (χ2v) is 8.34. The highest BCUT2D eigenvalue weighted by atomic mass is 16.8. The van der Waals surface area contributed by atoms with Gasteiger partial charge in [-0.2, -0.15) is 0 Å². The minimum Gasteiger partial charge on any atom is -0.394 e. The molecule has 16 nitrogen and oxygen atoms in total. The first-order valence-electron chi connectivity index (χ1n) is 10.6. The second kappa shape index (κ2) is 11.6. The van der Waals surface area contributed by atoms with Crippen molar-refractivity contribution in [3.8, 4) is 0 Å². The van der Waals surface area contributed by atoms with Crippen LogP contribution in [0.2, 0.25) is 0 Å². The maximum Gasteiger partial charge on any atom is 0.189 e. The normalized spacial score (nSPS) is 52.5. The third kappa shape index (κ3) is 5.37. The molecular formula is C18H32O16. The Morgan fingerprint density at radius 2 is 0.765 bits per heavy atom. The minimum absolute atomic E-state index is 0.740. The van der Waals surface area contributed by atoms with Gasteiger partial charge in [0, 0.05) is 0 Å². The van der Waals surface area contributed by atoms with Crippen LogP contribution in [0.5, 0.6) is 0 Å². The third-order valence-electron chi connectivity index (χ3n) is 6.08. The topological polar surface area (TPSA) is 269 Å². The van der Waals surface area contributed by atoms with Gasteiger partial charge in [-0.05, 0) is 0 Å². The molecule has 3 rings (SSSR count). The van der Waals surface area contributed by atoms with Crippen molar-refractivity contribution < 1.29 is 79.9 Å². The van der Waals surface area contributed by atoms with E-state index in [1.165, 1.54) is 0 Å². The smallest absolute Gasteiger partial charge is 0.189 e. The van der Waals surface area contributed by atoms with Crippen molar-refractivity contribution in [2.45, 2.75) is 92.1 Å². The van der Waals surface area contributed by atoms with Crippen molar-refractivity contribution in [3.05, 3.63) is 0 Å². The molecule has 0 amide bonds. The number of hydrogen-bond donors (Lipinski definition) is 11. The standard InChI is InChI=1S/C18H32O16/c19-1-4-7(22)9(24)12(27)16(30-4)33-15-6(3-21)32-18(14(29)11(15)26)34-17-13(28)10(25)8(23)5(2-20)31-17/h4-29H,1-3H2/t4-,5-,6-,7-,8-,9+,10+,11-,12-,13-,14-,15-,16-,17+,18+/m1/s1. The molecule has 0 unspecified atom stereocenters. The molecule has 15 atom stereocenters. The molecule has 3 saturated heterocycles. The highest BCUT2D eigenvalue weighted by molar-refractivity contribution is 4.95. The van der Waals surface area contributed by atoms with Crippen LogP contribution in [-0.4, -0.2) is 168 Å². The van der Waals surface area contributed by atoms with E-state index >= 15 is 0 Å². The zero-order chi connectivity index (χ0) is 25.3. The molecule has 0 aliphatic carbocycles. The average Bonchev–Trinajstić information content (AvgIpc) is 2.83. The maximum absolute atomic E-state index is 10.6. The van der Waals surface area contributed by atoms with Crippen LogP contribution in [0.15, 0.2) is 0 Å². The molecule has 34 heavy (non-hydrogen) atoms. The summed E-state index contributed by atoms with van der Waals surface area (Å²) in [6, 6.07) is 0. The van der Waals surface area contributed by atoms with Crippen molar-refractivity contribution in [1.82, 2.24) is 0 Å². The van der Waals surface area contributed by atoms with Gasteiger partial charge >= 0.3 is 0 Å². The molecule has 200 valence electrons. The molecule has 0 aromatic carbocycles. The summed E-state index contributed by atoms with van der Waals surface area (Å²) in [6.45, 7) is -2.30. The summed E-state index contributed by atoms with van der Waals surface area (Å²) in [6.07, 6.45) is -25.1. The minimum atomic E-state index is -1.91. The van der Waals surface area contributed by atoms with E-state index in [9.17, 15) is 56.2 Å². The zero-order valence-corrected chi connectivity index (χ0v) is 17.7. The number of rotatable bonds is 7. The number of ether oxygens (including phenoxy) is 5. The summed E-state index contributed by atoms with van der Waals surface area (Å²) in [5, 5.41) is 109. The van der Waals surface area contributed by atoms with E-state index in [4.69, 9.17) is 23.7 Å². The van der Waals surface area contributed by atoms with Crippen LogP contribution in [-0.2, 0) is 23.7 Å². The summed E-state index contributed by atoms with van der Waals surface area (Å²) in [5.41, 5.74) is 0. The molecule has 0 spiro atoms. The number of aliphatic hydroxyl groups is 11. The molecule has 0 bridgehead atoms. The predicted octanol–water partition coefficient (Wildman–Crippen LogP) is -7.57. The maximum atomic E-state index is 10.6. The molecule has 0 aromatic heterocycles. The fraction of sp³-hybridized carbons (Fsp3) is 1.00. The van der Waals surface area contributed by atoms with E-state index in [1.807, 2.05) is 0 Å². The monoisotopic (exact) mass is 504 g/mol. The predicted molar refractivity (Wildman–Crippen MR) is 101 cm³/mol. The second-order valence-electron chi connectivity index (χ2n) is 8.34. The lowest BCUT2D eigenvalue weighted by Crippen LogP contribution is -2.66. The fourth-order valence-electron chi connectivity index (χ4n) is 3.98. The van der Waals surface area contributed by atoms with Crippen LogP contribution < -0.4 is 0 Å². The van der Waals surface area contributed by atoms with Gasteiger partial charge in [-0.3, -0.25) is 0 Å². The molecule has 11 N–H and O–H groups in total. The number of aliphatic hydroxyl groups excluding tert-OH is 11. The van der Waals surface area contributed by atoms with Crippen molar-refractivity contribution in [2.75, 3.05) is 19.8 Å². The number of hydrogen-bond acceptors (Lipinski definition) is 16. The Labute approximate surface area is 192 Å². The van der Waals surface area contributed by atoms with Crippen molar-refractivity contribution in [3.63, 3.8) is 0 Å². The van der Waals surface area contributed by atoms with Gasteiger partial charge in [-0.25, -0.2) is 0 Å². The van der Waals surface area contributed by atoms with Gasteiger partial charge in [0.25, 0.3) is 0 Å². The van der Waals surface area contributed by atoms with Crippen LogP contribution in [0.3, 0.4) is 0 Å². The van der Waals surface area contributed by atoms with E-state index < -0.39 is 112 Å². The van der Waals surface area contributed by atoms with E-state index in [1.54, 1.807) is 0 Å². The molecule has 16 heteroatoms. The lowest BCUT2D eigenvalue weighted by Gasteiger charge is -2.47. The Bertz CT molecular complexity index is 635. The molecule has 3 aliphatic rings. The largest absolute Gasteiger partial charge is 0.394 e. The zero-order valence-electron chi connectivity index (χ0n) is 17.7. The molecule has 3 fully saturated rings. The Kier molecular flexibility index (Phi) is 9.54. The van der Waals surface area contributed by atoms with E-state index in [0.717, 1.165) is 0 Å². The Hall–Kier alpha value is -0.640. The van der Waals surface area contributed by atoms with Crippen LogP contribution in [0.1, 0.15) is 0 Å². The van der Waals surface area contributed by atoms with Crippen LogP contribution >= 0.6 is 0 Å². The first-order chi connectivity index (χ1) is 16.0. The van der Waals surface area contributed by atoms with Crippen LogP contribution in [0, 0.1) is 0 Å². The highest BCUT2D eigenvalue weighted by Gasteiger charge is 2.52. The highest BCUT2D eigenvalue weighted by Crippen LogP contribution is 2.31. The molecule has 0 radical (unpaired) electrons. The first-order valence-corrected chi connectivity index (χ1v) is 10.6. The summed E-state index contributed by atoms with van der Waals surface area (Å²) >= 11 is 0. The Morgan fingerprint density at radius 1 is 0.412 bits per heavy atom. The molecule has 3 heterocycles. The summed E-state index contributed by atoms with van der Waals surface area (Å²) in [4.78, 5) is 0. The Morgan fingerprint density at radius 3 is 1.18 bits per heavy atom. The van der Waals surface area contributed by atoms with Gasteiger partial charge in [0.1, 0.15) is 73.2 Å². The molecule has 3 aliphatic heterocycles. The van der Waals surface area contributed by atoms with Gasteiger partial charge in [0.15, 0.2) is 18.9 Å². The fourth-order valence-corrected chi connectivity index (χ4v) is 3.98. The lowest BCUT2D eigenvalue weighted by molar-refractivity contribution is -0.391. The molecular weight excluding hydrogens is 472 g/mol. The van der Waals surface area contributed by atoms with Gasteiger partial charge in [0.05, 0.1) is 19.8 Å². The van der Waals surface area contributed by atoms with Crippen molar-refractivity contribution >= 4 is 0 Å². The SMILES string of the molecule is OC[C@H]1O[C@@H](O[C@@H]2O[C@H](CO)[C@@H](O[C@H]3O[C@H](CO)[C@@H](O)[C@H](O)[C@H]3O)[C@H](O)[C@H]2O)[C@H](O)[C@@H](O)[C@@H]1O. The molecule has 0 aromatic rings. The van der Waals surface area contributed by atoms with Gasteiger partial charge in [-0.1, -0.05) is 0 Å². The van der Waals surface area contributed by atoms with E-state index in [-0.39, 0.29) is 0 Å². The molecule has 0 saturated carbocycles. The van der Waals surface area contributed by atoms with E-state index in [0.29, 0.717) is 0 Å². The average molecular weight is 504 g/mol. The first kappa shape index (κ1) is 27.9. The van der Waals surface area contributed by atoms with E-state index in [2.05, 4.69) is 0 Å². The summed E-state index contributed by atoms with van der Waals surface area (Å²) in [7, 11) is 0. The van der Waals surface area contributed by atoms with Gasteiger partial charge in [-0.15, -0.1) is 0 Å². The summed E-state index contributed by atoms with van der Waals surface area (Å²) < 4.78 is 26.5. The van der Waals surface area contributed by atoms with Crippen molar-refractivity contribution in [2.24, 2.45) is 0 Å². The van der Waals surface area contributed by atoms with Crippen LogP contribution in [0.25, 0.3) is 0 Å². The summed E-state index contributed by atoms with van der Waals surface area (Å²) in [5.74, 6) is 0. The quantitative estimate of drug-likeness (QED) is 0.154. The lowest BCUT2D eigenvalue weighted by atomic mass is 9.96.